The van der Waals surface area contributed by atoms with Crippen LogP contribution in [0.1, 0.15) is 24.8 Å². The zero-order valence-corrected chi connectivity index (χ0v) is 10.3. The van der Waals surface area contributed by atoms with Gasteiger partial charge < -0.3 is 14.4 Å². The largest absolute Gasteiger partial charge is 0.480 e. The highest BCUT2D eigenvalue weighted by Gasteiger charge is 2.32. The number of methoxy groups -OCH3 is 1. The minimum Gasteiger partial charge on any atom is -0.480 e. The van der Waals surface area contributed by atoms with E-state index in [1.54, 1.807) is 20.1 Å². The molecule has 1 unspecified atom stereocenters. The molecule has 0 aliphatic rings. The molecule has 0 saturated carbocycles. The normalized spacial score (nSPS) is 14.5. The molecule has 0 spiro atoms. The van der Waals surface area contributed by atoms with Crippen LogP contribution in [0.5, 0.6) is 0 Å². The monoisotopic (exact) mass is 242 g/mol. The van der Waals surface area contributed by atoms with Gasteiger partial charge in [0.05, 0.1) is 12.2 Å². The topological polar surface area (TPSA) is 84.6 Å². The van der Waals surface area contributed by atoms with Crippen LogP contribution in [-0.2, 0) is 16.1 Å². The molecule has 1 rings (SSSR count). The van der Waals surface area contributed by atoms with E-state index in [1.165, 1.54) is 0 Å². The van der Waals surface area contributed by atoms with Crippen LogP contribution in [0.2, 0.25) is 0 Å². The van der Waals surface area contributed by atoms with Crippen molar-refractivity contribution in [1.82, 2.24) is 10.5 Å². The lowest BCUT2D eigenvalue weighted by Gasteiger charge is -2.25. The van der Waals surface area contributed by atoms with E-state index in [2.05, 4.69) is 10.5 Å². The lowest BCUT2D eigenvalue weighted by atomic mass is 9.98. The average molecular weight is 242 g/mol. The van der Waals surface area contributed by atoms with Gasteiger partial charge in [-0.15, -0.1) is 0 Å². The molecule has 0 aromatic carbocycles. The van der Waals surface area contributed by atoms with E-state index in [4.69, 9.17) is 9.26 Å². The Hall–Kier alpha value is -1.40. The molecule has 2 N–H and O–H groups in total. The quantitative estimate of drug-likeness (QED) is 0.740. The third-order valence-electron chi connectivity index (χ3n) is 2.61. The second kappa shape index (κ2) is 5.79. The van der Waals surface area contributed by atoms with Gasteiger partial charge in [0, 0.05) is 19.8 Å². The predicted octanol–water partition coefficient (Wildman–Crippen LogP) is 0.952. The molecular formula is C11H18N2O4. The van der Waals surface area contributed by atoms with Crippen LogP contribution in [-0.4, -0.2) is 35.5 Å². The molecular weight excluding hydrogens is 224 g/mol. The number of aryl methyl sites for hydroxylation is 1. The van der Waals surface area contributed by atoms with E-state index in [0.29, 0.717) is 25.3 Å². The van der Waals surface area contributed by atoms with Gasteiger partial charge in [0.15, 0.2) is 5.76 Å². The minimum atomic E-state index is -1.03. The predicted molar refractivity (Wildman–Crippen MR) is 60.6 cm³/mol. The Kier molecular flexibility index (Phi) is 4.65. The van der Waals surface area contributed by atoms with Gasteiger partial charge in [0.25, 0.3) is 0 Å². The summed E-state index contributed by atoms with van der Waals surface area (Å²) in [7, 11) is 1.54. The Balaban J connectivity index is 2.58. The highest BCUT2D eigenvalue weighted by molar-refractivity contribution is 5.78. The maximum Gasteiger partial charge on any atom is 0.323 e. The Bertz CT molecular complexity index is 377. The van der Waals surface area contributed by atoms with E-state index in [0.717, 1.165) is 5.69 Å². The Morgan fingerprint density at radius 2 is 2.41 bits per heavy atom. The third kappa shape index (κ3) is 3.83. The first kappa shape index (κ1) is 13.7. The van der Waals surface area contributed by atoms with Crippen molar-refractivity contribution < 1.29 is 19.2 Å². The molecule has 0 fully saturated rings. The van der Waals surface area contributed by atoms with Gasteiger partial charge >= 0.3 is 5.97 Å². The summed E-state index contributed by atoms with van der Waals surface area (Å²) in [5, 5.41) is 15.9. The molecule has 96 valence electrons. The van der Waals surface area contributed by atoms with Crippen molar-refractivity contribution in [2.75, 3.05) is 13.7 Å². The average Bonchev–Trinajstić information content (AvgIpc) is 2.69. The molecule has 1 aromatic rings. The number of carboxylic acids is 1. The van der Waals surface area contributed by atoms with Crippen molar-refractivity contribution in [3.63, 3.8) is 0 Å². The highest BCUT2D eigenvalue weighted by Crippen LogP contribution is 2.12. The van der Waals surface area contributed by atoms with Gasteiger partial charge in [-0.3, -0.25) is 10.1 Å². The number of carboxylic acid groups (broad SMARTS) is 1. The molecule has 0 aliphatic carbocycles. The molecule has 1 atom stereocenters. The molecule has 0 aliphatic heterocycles. The van der Waals surface area contributed by atoms with Crippen molar-refractivity contribution >= 4 is 5.97 Å². The summed E-state index contributed by atoms with van der Waals surface area (Å²) in [6.45, 7) is 4.14. The lowest BCUT2D eigenvalue weighted by Crippen LogP contribution is -2.49. The standard InChI is InChI=1S/C11H18N2O4/c1-8-6-9(17-13-8)7-12-11(2,10(14)15)4-5-16-3/h6,12H,4-5,7H2,1-3H3,(H,14,15). The Labute approximate surface area is 99.9 Å². The number of nitrogens with one attached hydrogen (secondary N) is 1. The number of carbonyl (C=O) groups is 1. The first-order valence-corrected chi connectivity index (χ1v) is 5.37. The summed E-state index contributed by atoms with van der Waals surface area (Å²) < 4.78 is 9.91. The first-order chi connectivity index (χ1) is 7.98. The summed E-state index contributed by atoms with van der Waals surface area (Å²) in [5.74, 6) is -0.293. The molecule has 6 nitrogen and oxygen atoms in total. The zero-order valence-electron chi connectivity index (χ0n) is 10.3. The van der Waals surface area contributed by atoms with Crippen molar-refractivity contribution in [2.24, 2.45) is 0 Å². The van der Waals surface area contributed by atoms with E-state index >= 15 is 0 Å². The van der Waals surface area contributed by atoms with E-state index < -0.39 is 11.5 Å². The number of aromatic nitrogens is 1. The fourth-order valence-corrected chi connectivity index (χ4v) is 1.36. The number of hydrogen-bond donors (Lipinski definition) is 2. The summed E-state index contributed by atoms with van der Waals surface area (Å²) in [6, 6.07) is 1.77. The van der Waals surface area contributed by atoms with Crippen LogP contribution < -0.4 is 5.32 Å². The van der Waals surface area contributed by atoms with E-state index in [9.17, 15) is 9.90 Å². The van der Waals surface area contributed by atoms with Crippen LogP contribution in [0.3, 0.4) is 0 Å². The number of hydrogen-bond acceptors (Lipinski definition) is 5. The molecule has 17 heavy (non-hydrogen) atoms. The highest BCUT2D eigenvalue weighted by atomic mass is 16.5. The maximum atomic E-state index is 11.2. The maximum absolute atomic E-state index is 11.2. The van der Waals surface area contributed by atoms with Crippen molar-refractivity contribution in [3.05, 3.63) is 17.5 Å². The van der Waals surface area contributed by atoms with Crippen LogP contribution in [0.4, 0.5) is 0 Å². The molecule has 0 amide bonds. The summed E-state index contributed by atoms with van der Waals surface area (Å²) in [4.78, 5) is 11.2. The van der Waals surface area contributed by atoms with Crippen LogP contribution in [0.15, 0.2) is 10.6 Å². The van der Waals surface area contributed by atoms with Gasteiger partial charge in [-0.05, 0) is 20.3 Å². The van der Waals surface area contributed by atoms with Gasteiger partial charge in [0.1, 0.15) is 5.54 Å². The Morgan fingerprint density at radius 3 is 2.88 bits per heavy atom. The summed E-state index contributed by atoms with van der Waals surface area (Å²) in [5.41, 5.74) is -0.257. The second-order valence-corrected chi connectivity index (χ2v) is 4.17. The molecule has 0 radical (unpaired) electrons. The molecule has 6 heteroatoms. The minimum absolute atomic E-state index is 0.327. The first-order valence-electron chi connectivity index (χ1n) is 5.37. The number of nitrogens with zero attached hydrogens (tertiary/aromatic N) is 1. The van der Waals surface area contributed by atoms with Crippen LogP contribution in [0, 0.1) is 6.92 Å². The van der Waals surface area contributed by atoms with Crippen molar-refractivity contribution in [2.45, 2.75) is 32.4 Å². The van der Waals surface area contributed by atoms with Gasteiger partial charge in [-0.25, -0.2) is 0 Å². The van der Waals surface area contributed by atoms with E-state index in [1.807, 2.05) is 6.92 Å². The lowest BCUT2D eigenvalue weighted by molar-refractivity contribution is -0.145. The molecule has 0 saturated heterocycles. The fourth-order valence-electron chi connectivity index (χ4n) is 1.36. The van der Waals surface area contributed by atoms with Gasteiger partial charge in [0.2, 0.25) is 0 Å². The van der Waals surface area contributed by atoms with Gasteiger partial charge in [-0.1, -0.05) is 5.16 Å². The van der Waals surface area contributed by atoms with Crippen LogP contribution >= 0.6 is 0 Å². The molecule has 1 heterocycles. The van der Waals surface area contributed by atoms with Crippen LogP contribution in [0.25, 0.3) is 0 Å². The SMILES string of the molecule is COCCC(C)(NCc1cc(C)no1)C(=O)O. The van der Waals surface area contributed by atoms with Crippen molar-refractivity contribution in [1.29, 1.82) is 0 Å². The number of aliphatic carboxylic acids is 1. The van der Waals surface area contributed by atoms with Crippen molar-refractivity contribution in [3.8, 4) is 0 Å². The third-order valence-corrected chi connectivity index (χ3v) is 2.61. The van der Waals surface area contributed by atoms with Gasteiger partial charge in [-0.2, -0.15) is 0 Å². The summed E-state index contributed by atoms with van der Waals surface area (Å²) >= 11 is 0. The number of ether oxygens (including phenoxy) is 1. The second-order valence-electron chi connectivity index (χ2n) is 4.17. The fraction of sp³-hybridized carbons (Fsp3) is 0.636. The zero-order chi connectivity index (χ0) is 12.9. The molecule has 0 bridgehead atoms. The smallest absolute Gasteiger partial charge is 0.323 e. The summed E-state index contributed by atoms with van der Waals surface area (Å²) in [6.07, 6.45) is 0.381. The number of rotatable bonds is 7. The molecule has 1 aromatic heterocycles. The van der Waals surface area contributed by atoms with E-state index in [-0.39, 0.29) is 0 Å². The Morgan fingerprint density at radius 1 is 1.71 bits per heavy atom.